The number of halogens is 1. The molecule has 0 atom stereocenters. The van der Waals surface area contributed by atoms with Crippen LogP contribution in [0.5, 0.6) is 0 Å². The maximum atomic E-state index is 10.7. The predicted octanol–water partition coefficient (Wildman–Crippen LogP) is 3.92. The molecule has 0 saturated heterocycles. The first-order valence-electron chi connectivity index (χ1n) is 5.29. The minimum absolute atomic E-state index is 0.258. The minimum Gasteiger partial charge on any atom is -0.417 e. The SMILES string of the molecule is CC(=O)CC/C=C(\I)CCO[Si](C)(C)C. The summed E-state index contributed by atoms with van der Waals surface area (Å²) in [7, 11) is -1.36. The average Bonchev–Trinajstić information content (AvgIpc) is 2.00. The molecule has 0 N–H and O–H groups in total. The zero-order valence-electron chi connectivity index (χ0n) is 10.1. The number of hydrogen-bond acceptors (Lipinski definition) is 2. The Morgan fingerprint density at radius 2 is 1.93 bits per heavy atom. The van der Waals surface area contributed by atoms with E-state index in [9.17, 15) is 4.79 Å². The third-order valence-corrected chi connectivity index (χ3v) is 3.79. The van der Waals surface area contributed by atoms with Crippen LogP contribution >= 0.6 is 22.6 Å². The van der Waals surface area contributed by atoms with Gasteiger partial charge in [-0.3, -0.25) is 0 Å². The molecule has 0 fully saturated rings. The van der Waals surface area contributed by atoms with Gasteiger partial charge in [-0.05, 0) is 65.6 Å². The molecule has 0 amide bonds. The van der Waals surface area contributed by atoms with Crippen LogP contribution in [0.1, 0.15) is 26.2 Å². The molecule has 0 saturated carbocycles. The van der Waals surface area contributed by atoms with Crippen molar-refractivity contribution in [2.24, 2.45) is 0 Å². The third kappa shape index (κ3) is 12.2. The molecule has 0 aromatic rings. The molecule has 0 aliphatic carbocycles. The summed E-state index contributed by atoms with van der Waals surface area (Å²) in [4.78, 5) is 10.7. The highest BCUT2D eigenvalue weighted by Crippen LogP contribution is 2.14. The minimum atomic E-state index is -1.36. The molecule has 0 unspecified atom stereocenters. The van der Waals surface area contributed by atoms with Crippen molar-refractivity contribution in [2.75, 3.05) is 6.61 Å². The Morgan fingerprint density at radius 1 is 1.33 bits per heavy atom. The van der Waals surface area contributed by atoms with Gasteiger partial charge in [0.05, 0.1) is 0 Å². The number of allylic oxidation sites excluding steroid dienone is 1. The van der Waals surface area contributed by atoms with Crippen molar-refractivity contribution < 1.29 is 9.22 Å². The molecular weight excluding hydrogens is 319 g/mol. The lowest BCUT2D eigenvalue weighted by atomic mass is 10.2. The molecule has 0 aromatic heterocycles. The van der Waals surface area contributed by atoms with Crippen molar-refractivity contribution in [1.82, 2.24) is 0 Å². The molecule has 0 aliphatic rings. The summed E-state index contributed by atoms with van der Waals surface area (Å²) in [5.41, 5.74) is 0. The van der Waals surface area contributed by atoms with Crippen LogP contribution in [0.4, 0.5) is 0 Å². The second kappa shape index (κ2) is 7.57. The van der Waals surface area contributed by atoms with Gasteiger partial charge in [0.2, 0.25) is 0 Å². The molecule has 4 heteroatoms. The van der Waals surface area contributed by atoms with E-state index in [1.165, 1.54) is 3.58 Å². The Hall–Kier alpha value is 0.317. The molecular formula is C11H21IO2Si. The van der Waals surface area contributed by atoms with E-state index in [1.54, 1.807) is 6.92 Å². The molecule has 0 bridgehead atoms. The van der Waals surface area contributed by atoms with E-state index in [2.05, 4.69) is 48.3 Å². The zero-order chi connectivity index (χ0) is 11.9. The third-order valence-electron chi connectivity index (χ3n) is 1.74. The number of carbonyl (C=O) groups excluding carboxylic acids is 1. The van der Waals surface area contributed by atoms with E-state index in [0.717, 1.165) is 19.4 Å². The number of carbonyl (C=O) groups is 1. The molecule has 15 heavy (non-hydrogen) atoms. The second-order valence-electron chi connectivity index (χ2n) is 4.60. The van der Waals surface area contributed by atoms with Crippen LogP contribution in [-0.4, -0.2) is 20.7 Å². The lowest BCUT2D eigenvalue weighted by Crippen LogP contribution is -2.25. The number of rotatable bonds is 7. The monoisotopic (exact) mass is 340 g/mol. The first-order chi connectivity index (χ1) is 6.81. The Labute approximate surface area is 108 Å². The van der Waals surface area contributed by atoms with Gasteiger partial charge in [0.15, 0.2) is 8.32 Å². The summed E-state index contributed by atoms with van der Waals surface area (Å²) in [6, 6.07) is 0. The number of hydrogen-bond donors (Lipinski definition) is 0. The van der Waals surface area contributed by atoms with Crippen LogP contribution in [0.15, 0.2) is 9.66 Å². The zero-order valence-corrected chi connectivity index (χ0v) is 13.3. The van der Waals surface area contributed by atoms with Gasteiger partial charge in [0, 0.05) is 13.0 Å². The fourth-order valence-corrected chi connectivity index (χ4v) is 2.23. The Bertz CT molecular complexity index is 231. The van der Waals surface area contributed by atoms with Gasteiger partial charge in [0.25, 0.3) is 0 Å². The quantitative estimate of drug-likeness (QED) is 0.519. The normalized spacial score (nSPS) is 13.0. The van der Waals surface area contributed by atoms with Crippen LogP contribution in [0.25, 0.3) is 0 Å². The van der Waals surface area contributed by atoms with Crippen LogP contribution in [0, 0.1) is 0 Å². The molecule has 88 valence electrons. The molecule has 2 nitrogen and oxygen atoms in total. The highest BCUT2D eigenvalue weighted by Gasteiger charge is 2.13. The van der Waals surface area contributed by atoms with E-state index in [1.807, 2.05) is 0 Å². The molecule has 0 aliphatic heterocycles. The molecule has 0 aromatic carbocycles. The topological polar surface area (TPSA) is 26.3 Å². The average molecular weight is 340 g/mol. The summed E-state index contributed by atoms with van der Waals surface area (Å²) in [5.74, 6) is 0.258. The summed E-state index contributed by atoms with van der Waals surface area (Å²) in [6.45, 7) is 9.03. The van der Waals surface area contributed by atoms with Gasteiger partial charge < -0.3 is 9.22 Å². The van der Waals surface area contributed by atoms with Crippen molar-refractivity contribution in [3.63, 3.8) is 0 Å². The molecule has 0 rings (SSSR count). The fraction of sp³-hybridized carbons (Fsp3) is 0.727. The molecule has 0 heterocycles. The standard InChI is InChI=1S/C11H21IO2Si/c1-10(13)6-5-7-11(12)8-9-14-15(2,3)4/h7H,5-6,8-9H2,1-4H3/b11-7-. The van der Waals surface area contributed by atoms with Gasteiger partial charge in [-0.25, -0.2) is 0 Å². The summed E-state index contributed by atoms with van der Waals surface area (Å²) < 4.78 is 7.05. The van der Waals surface area contributed by atoms with Crippen molar-refractivity contribution in [3.05, 3.63) is 9.66 Å². The fourth-order valence-electron chi connectivity index (χ4n) is 0.989. The smallest absolute Gasteiger partial charge is 0.183 e. The Morgan fingerprint density at radius 3 is 2.40 bits per heavy atom. The molecule has 0 radical (unpaired) electrons. The van der Waals surface area contributed by atoms with Gasteiger partial charge in [-0.15, -0.1) is 0 Å². The first kappa shape index (κ1) is 15.3. The Balaban J connectivity index is 3.64. The second-order valence-corrected chi connectivity index (χ2v) is 10.5. The van der Waals surface area contributed by atoms with E-state index < -0.39 is 8.32 Å². The van der Waals surface area contributed by atoms with E-state index in [4.69, 9.17) is 4.43 Å². The van der Waals surface area contributed by atoms with Crippen LogP contribution < -0.4 is 0 Å². The highest BCUT2D eigenvalue weighted by molar-refractivity contribution is 14.1. The van der Waals surface area contributed by atoms with Gasteiger partial charge in [-0.1, -0.05) is 6.08 Å². The van der Waals surface area contributed by atoms with Crippen molar-refractivity contribution >= 4 is 36.7 Å². The largest absolute Gasteiger partial charge is 0.417 e. The van der Waals surface area contributed by atoms with E-state index in [0.29, 0.717) is 6.42 Å². The van der Waals surface area contributed by atoms with Crippen LogP contribution in [-0.2, 0) is 9.22 Å². The maximum absolute atomic E-state index is 10.7. The van der Waals surface area contributed by atoms with Crippen LogP contribution in [0.2, 0.25) is 19.6 Å². The van der Waals surface area contributed by atoms with Crippen molar-refractivity contribution in [1.29, 1.82) is 0 Å². The predicted molar refractivity (Wildman–Crippen MR) is 75.9 cm³/mol. The lowest BCUT2D eigenvalue weighted by molar-refractivity contribution is -0.116. The van der Waals surface area contributed by atoms with Crippen molar-refractivity contribution in [2.45, 2.75) is 45.8 Å². The summed E-state index contributed by atoms with van der Waals surface area (Å²) in [6.07, 6.45) is 4.63. The number of ketones is 1. The van der Waals surface area contributed by atoms with Crippen LogP contribution in [0.3, 0.4) is 0 Å². The Kier molecular flexibility index (Phi) is 7.73. The summed E-state index contributed by atoms with van der Waals surface area (Å²) in [5, 5.41) is 0. The first-order valence-corrected chi connectivity index (χ1v) is 9.78. The van der Waals surface area contributed by atoms with Crippen molar-refractivity contribution in [3.8, 4) is 0 Å². The maximum Gasteiger partial charge on any atom is 0.183 e. The number of Topliss-reactive ketones (excluding diaryl/α,β-unsaturated/α-hetero) is 1. The van der Waals surface area contributed by atoms with E-state index >= 15 is 0 Å². The van der Waals surface area contributed by atoms with E-state index in [-0.39, 0.29) is 5.78 Å². The lowest BCUT2D eigenvalue weighted by Gasteiger charge is -2.16. The van der Waals surface area contributed by atoms with Gasteiger partial charge >= 0.3 is 0 Å². The van der Waals surface area contributed by atoms with Gasteiger partial charge in [-0.2, -0.15) is 0 Å². The molecule has 0 spiro atoms. The highest BCUT2D eigenvalue weighted by atomic mass is 127. The van der Waals surface area contributed by atoms with Gasteiger partial charge in [0.1, 0.15) is 5.78 Å². The summed E-state index contributed by atoms with van der Waals surface area (Å²) >= 11 is 2.33.